The maximum Gasteiger partial charge on any atom is 0.197 e. The van der Waals surface area contributed by atoms with Gasteiger partial charge in [-0.2, -0.15) is 10.5 Å². The van der Waals surface area contributed by atoms with Gasteiger partial charge < -0.3 is 19.0 Å². The molecule has 26 heavy (non-hydrogen) atoms. The fourth-order valence-electron chi connectivity index (χ4n) is 2.42. The van der Waals surface area contributed by atoms with Crippen molar-refractivity contribution in [2.45, 2.75) is 0 Å². The number of phenolic OH excluding ortho intramolecular Hbond substituents is 1. The van der Waals surface area contributed by atoms with E-state index in [0.29, 0.717) is 17.1 Å². The van der Waals surface area contributed by atoms with Crippen LogP contribution in [0, 0.1) is 22.7 Å². The average molecular weight is 348 g/mol. The normalized spacial score (nSPS) is 10.1. The number of phenols is 1. The Kier molecular flexibility index (Phi) is 4.73. The Morgan fingerprint density at radius 3 is 2.27 bits per heavy atom. The number of hydrogen-bond acceptors (Lipinski definition) is 7. The highest BCUT2D eigenvalue weighted by molar-refractivity contribution is 5.86. The van der Waals surface area contributed by atoms with Crippen molar-refractivity contribution in [3.63, 3.8) is 0 Å². The summed E-state index contributed by atoms with van der Waals surface area (Å²) in [6, 6.07) is 14.4. The van der Waals surface area contributed by atoms with Crippen molar-refractivity contribution in [3.05, 3.63) is 52.7 Å². The molecule has 1 heterocycles. The second-order valence-electron chi connectivity index (χ2n) is 5.21. The number of hydrogen-bond donors (Lipinski definition) is 1. The highest BCUT2D eigenvalue weighted by Gasteiger charge is 2.13. The first kappa shape index (κ1) is 16.9. The van der Waals surface area contributed by atoms with Gasteiger partial charge >= 0.3 is 0 Å². The Labute approximate surface area is 147 Å². The molecule has 0 aliphatic rings. The molecule has 0 fully saturated rings. The smallest absolute Gasteiger partial charge is 0.197 e. The van der Waals surface area contributed by atoms with Crippen LogP contribution in [0.5, 0.6) is 17.2 Å². The Bertz CT molecular complexity index is 1090. The molecule has 3 aromatic rings. The van der Waals surface area contributed by atoms with Crippen LogP contribution in [0.3, 0.4) is 0 Å². The Balaban J connectivity index is 2.03. The van der Waals surface area contributed by atoms with Gasteiger partial charge in [-0.05, 0) is 24.3 Å². The summed E-state index contributed by atoms with van der Waals surface area (Å²) in [7, 11) is 0. The summed E-state index contributed by atoms with van der Waals surface area (Å²) in [6.45, 7) is -0.256. The summed E-state index contributed by atoms with van der Waals surface area (Å²) in [5.74, 6) is 0.752. The SMILES string of the molecule is N#CCOc1ccc(-c2cc(=O)c3c(O)cc(OCC#N)cc3o2)cc1. The van der Waals surface area contributed by atoms with Crippen LogP contribution < -0.4 is 14.9 Å². The predicted molar refractivity (Wildman–Crippen MR) is 91.8 cm³/mol. The molecule has 128 valence electrons. The van der Waals surface area contributed by atoms with Crippen LogP contribution in [0.1, 0.15) is 0 Å². The van der Waals surface area contributed by atoms with E-state index >= 15 is 0 Å². The van der Waals surface area contributed by atoms with Crippen LogP contribution >= 0.6 is 0 Å². The van der Waals surface area contributed by atoms with Gasteiger partial charge in [0.05, 0.1) is 0 Å². The van der Waals surface area contributed by atoms with E-state index < -0.39 is 5.43 Å². The fourth-order valence-corrected chi connectivity index (χ4v) is 2.42. The standard InChI is InChI=1S/C19H12N2O5/c20-5-7-24-13-3-1-12(2-4-13)17-11-16(23)19-15(22)9-14(25-8-6-21)10-18(19)26-17/h1-4,9-11,22H,7-8H2. The molecule has 2 aromatic carbocycles. The summed E-state index contributed by atoms with van der Waals surface area (Å²) in [4.78, 5) is 12.4. The highest BCUT2D eigenvalue weighted by Crippen LogP contribution is 2.31. The van der Waals surface area contributed by atoms with E-state index in [2.05, 4.69) is 0 Å². The van der Waals surface area contributed by atoms with E-state index in [4.69, 9.17) is 24.4 Å². The predicted octanol–water partition coefficient (Wildman–Crippen LogP) is 2.97. The largest absolute Gasteiger partial charge is 0.507 e. The lowest BCUT2D eigenvalue weighted by atomic mass is 10.1. The molecule has 0 spiro atoms. The van der Waals surface area contributed by atoms with Gasteiger partial charge in [0.15, 0.2) is 18.6 Å². The fraction of sp³-hybridized carbons (Fsp3) is 0.105. The molecular formula is C19H12N2O5. The van der Waals surface area contributed by atoms with Crippen molar-refractivity contribution in [1.29, 1.82) is 10.5 Å². The molecule has 7 heteroatoms. The molecule has 0 atom stereocenters. The Morgan fingerprint density at radius 1 is 0.962 bits per heavy atom. The van der Waals surface area contributed by atoms with Gasteiger partial charge in [0.1, 0.15) is 46.1 Å². The van der Waals surface area contributed by atoms with E-state index in [1.165, 1.54) is 18.2 Å². The number of fused-ring (bicyclic) bond motifs is 1. The maximum atomic E-state index is 12.4. The molecule has 1 aromatic heterocycles. The van der Waals surface area contributed by atoms with Crippen molar-refractivity contribution in [2.24, 2.45) is 0 Å². The Morgan fingerprint density at radius 2 is 1.62 bits per heavy atom. The lowest BCUT2D eigenvalue weighted by Crippen LogP contribution is -2.02. The quantitative estimate of drug-likeness (QED) is 0.753. The van der Waals surface area contributed by atoms with E-state index in [1.54, 1.807) is 24.3 Å². The van der Waals surface area contributed by atoms with Crippen LogP contribution in [0.25, 0.3) is 22.3 Å². The summed E-state index contributed by atoms with van der Waals surface area (Å²) < 4.78 is 16.1. The number of aromatic hydroxyl groups is 1. The zero-order chi connectivity index (χ0) is 18.5. The van der Waals surface area contributed by atoms with E-state index in [0.717, 1.165) is 0 Å². The molecule has 0 saturated carbocycles. The first-order chi connectivity index (χ1) is 12.6. The summed E-state index contributed by atoms with van der Waals surface area (Å²) in [6.07, 6.45) is 0. The van der Waals surface area contributed by atoms with Gasteiger partial charge in [0.25, 0.3) is 0 Å². The zero-order valence-electron chi connectivity index (χ0n) is 13.4. The molecule has 7 nitrogen and oxygen atoms in total. The van der Waals surface area contributed by atoms with Gasteiger partial charge in [0.2, 0.25) is 0 Å². The van der Waals surface area contributed by atoms with Crippen molar-refractivity contribution in [3.8, 4) is 40.7 Å². The minimum atomic E-state index is -0.407. The number of rotatable bonds is 5. The monoisotopic (exact) mass is 348 g/mol. The second-order valence-corrected chi connectivity index (χ2v) is 5.21. The topological polar surface area (TPSA) is 116 Å². The summed E-state index contributed by atoms with van der Waals surface area (Å²) in [5, 5.41) is 27.2. The van der Waals surface area contributed by atoms with Gasteiger partial charge in [-0.25, -0.2) is 0 Å². The lowest BCUT2D eigenvalue weighted by molar-refractivity contribution is 0.364. The molecule has 0 saturated heterocycles. The average Bonchev–Trinajstić information content (AvgIpc) is 2.64. The first-order valence-electron chi connectivity index (χ1n) is 7.53. The van der Waals surface area contributed by atoms with Crippen molar-refractivity contribution >= 4 is 11.0 Å². The van der Waals surface area contributed by atoms with E-state index in [-0.39, 0.29) is 35.7 Å². The molecule has 0 bridgehead atoms. The number of nitrogens with zero attached hydrogens (tertiary/aromatic N) is 2. The highest BCUT2D eigenvalue weighted by atomic mass is 16.5. The molecule has 1 N–H and O–H groups in total. The molecule has 0 amide bonds. The van der Waals surface area contributed by atoms with Gasteiger partial charge in [-0.3, -0.25) is 4.79 Å². The molecular weight excluding hydrogens is 336 g/mol. The van der Waals surface area contributed by atoms with Crippen LogP contribution in [0.4, 0.5) is 0 Å². The molecule has 0 unspecified atom stereocenters. The first-order valence-corrected chi connectivity index (χ1v) is 7.53. The third kappa shape index (κ3) is 3.42. The van der Waals surface area contributed by atoms with Crippen LogP contribution in [0.15, 0.2) is 51.7 Å². The zero-order valence-corrected chi connectivity index (χ0v) is 13.4. The van der Waals surface area contributed by atoms with Crippen LogP contribution in [0.2, 0.25) is 0 Å². The summed E-state index contributed by atoms with van der Waals surface area (Å²) >= 11 is 0. The van der Waals surface area contributed by atoms with Gasteiger partial charge in [0, 0.05) is 23.8 Å². The van der Waals surface area contributed by atoms with Gasteiger partial charge in [-0.1, -0.05) is 0 Å². The van der Waals surface area contributed by atoms with Crippen molar-refractivity contribution in [1.82, 2.24) is 0 Å². The van der Waals surface area contributed by atoms with Crippen molar-refractivity contribution in [2.75, 3.05) is 13.2 Å². The van der Waals surface area contributed by atoms with E-state index in [1.807, 2.05) is 12.1 Å². The van der Waals surface area contributed by atoms with Crippen LogP contribution in [-0.2, 0) is 0 Å². The third-order valence-electron chi connectivity index (χ3n) is 3.53. The number of nitriles is 2. The minimum absolute atomic E-state index is 0.0343. The summed E-state index contributed by atoms with van der Waals surface area (Å²) in [5.41, 5.74) is 0.358. The minimum Gasteiger partial charge on any atom is -0.507 e. The lowest BCUT2D eigenvalue weighted by Gasteiger charge is -2.08. The Hall–Kier alpha value is -3.97. The molecule has 0 aliphatic heterocycles. The maximum absolute atomic E-state index is 12.4. The van der Waals surface area contributed by atoms with Gasteiger partial charge in [-0.15, -0.1) is 0 Å². The van der Waals surface area contributed by atoms with E-state index in [9.17, 15) is 9.90 Å². The second kappa shape index (κ2) is 7.29. The van der Waals surface area contributed by atoms with Crippen molar-refractivity contribution < 1.29 is 19.0 Å². The number of ether oxygens (including phenoxy) is 2. The van der Waals surface area contributed by atoms with Crippen LogP contribution in [-0.4, -0.2) is 18.3 Å². The third-order valence-corrected chi connectivity index (χ3v) is 3.53. The molecule has 0 aliphatic carbocycles. The number of benzene rings is 2. The molecule has 3 rings (SSSR count). The molecule has 0 radical (unpaired) electrons.